The van der Waals surface area contributed by atoms with Crippen molar-refractivity contribution in [3.63, 3.8) is 0 Å². The largest absolute Gasteiger partial charge is 0.373 e. The van der Waals surface area contributed by atoms with Crippen LogP contribution in [0.15, 0.2) is 53.5 Å². The Morgan fingerprint density at radius 3 is 2.61 bits per heavy atom. The number of aromatic nitrogens is 5. The van der Waals surface area contributed by atoms with E-state index in [0.29, 0.717) is 40.2 Å². The number of hydrogen-bond donors (Lipinski definition) is 2. The van der Waals surface area contributed by atoms with Crippen molar-refractivity contribution in [2.45, 2.75) is 13.5 Å². The molecule has 0 aliphatic carbocycles. The highest BCUT2D eigenvalue weighted by Crippen LogP contribution is 2.20. The van der Waals surface area contributed by atoms with Gasteiger partial charge in [0, 0.05) is 30.5 Å². The highest BCUT2D eigenvalue weighted by atomic mass is 35.5. The van der Waals surface area contributed by atoms with Gasteiger partial charge in [0.1, 0.15) is 11.2 Å². The lowest BCUT2D eigenvalue weighted by atomic mass is 10.3. The summed E-state index contributed by atoms with van der Waals surface area (Å²) in [6.07, 6.45) is 1.54. The van der Waals surface area contributed by atoms with Crippen LogP contribution in [0, 0.1) is 0 Å². The fraction of sp³-hybridized carbons (Fsp3) is 0.158. The van der Waals surface area contributed by atoms with E-state index in [1.807, 2.05) is 37.3 Å². The Kier molecular flexibility index (Phi) is 4.70. The number of rotatable bonds is 5. The van der Waals surface area contributed by atoms with Gasteiger partial charge < -0.3 is 10.6 Å². The molecular formula is C19H18ClN7O. The van der Waals surface area contributed by atoms with Crippen molar-refractivity contribution in [3.8, 4) is 5.82 Å². The zero-order valence-corrected chi connectivity index (χ0v) is 16.1. The summed E-state index contributed by atoms with van der Waals surface area (Å²) >= 11 is 5.93. The van der Waals surface area contributed by atoms with E-state index in [4.69, 9.17) is 11.6 Å². The summed E-state index contributed by atoms with van der Waals surface area (Å²) in [6.45, 7) is 2.37. The van der Waals surface area contributed by atoms with E-state index in [1.165, 1.54) is 6.20 Å². The van der Waals surface area contributed by atoms with Crippen LogP contribution in [0.5, 0.6) is 0 Å². The maximum atomic E-state index is 12.8. The van der Waals surface area contributed by atoms with Gasteiger partial charge in [-0.3, -0.25) is 4.79 Å². The SMILES string of the molecule is CCn1c(=O)c2cnc(Nc3ccc(Cl)cc3)nc2n1-c1cccc(NC)n1. The molecule has 0 amide bonds. The van der Waals surface area contributed by atoms with Crippen molar-refractivity contribution in [3.05, 3.63) is 64.0 Å². The normalized spacial score (nSPS) is 11.0. The first-order valence-corrected chi connectivity index (χ1v) is 9.15. The van der Waals surface area contributed by atoms with Crippen LogP contribution in [0.2, 0.25) is 5.02 Å². The molecule has 0 saturated carbocycles. The Morgan fingerprint density at radius 2 is 1.89 bits per heavy atom. The molecular weight excluding hydrogens is 378 g/mol. The first-order chi connectivity index (χ1) is 13.6. The third-order valence-electron chi connectivity index (χ3n) is 4.28. The average molecular weight is 396 g/mol. The highest BCUT2D eigenvalue weighted by Gasteiger charge is 2.17. The molecule has 0 bridgehead atoms. The van der Waals surface area contributed by atoms with Crippen molar-refractivity contribution in [2.75, 3.05) is 17.7 Å². The number of anilines is 3. The van der Waals surface area contributed by atoms with E-state index in [2.05, 4.69) is 25.6 Å². The molecule has 0 aliphatic heterocycles. The molecule has 0 unspecified atom stereocenters. The maximum absolute atomic E-state index is 12.8. The van der Waals surface area contributed by atoms with E-state index >= 15 is 0 Å². The van der Waals surface area contributed by atoms with Gasteiger partial charge in [-0.05, 0) is 43.3 Å². The molecule has 3 heterocycles. The van der Waals surface area contributed by atoms with Gasteiger partial charge in [0.2, 0.25) is 5.95 Å². The minimum atomic E-state index is -0.160. The van der Waals surface area contributed by atoms with Crippen LogP contribution < -0.4 is 16.2 Å². The zero-order chi connectivity index (χ0) is 19.7. The van der Waals surface area contributed by atoms with Gasteiger partial charge in [-0.15, -0.1) is 0 Å². The van der Waals surface area contributed by atoms with E-state index in [9.17, 15) is 4.79 Å². The number of nitrogens with zero attached hydrogens (tertiary/aromatic N) is 5. The highest BCUT2D eigenvalue weighted by molar-refractivity contribution is 6.30. The Balaban J connectivity index is 1.87. The van der Waals surface area contributed by atoms with Crippen LogP contribution in [-0.2, 0) is 6.54 Å². The minimum Gasteiger partial charge on any atom is -0.373 e. The Labute approximate surface area is 165 Å². The van der Waals surface area contributed by atoms with Crippen molar-refractivity contribution in [2.24, 2.45) is 0 Å². The maximum Gasteiger partial charge on any atom is 0.278 e. The van der Waals surface area contributed by atoms with Gasteiger partial charge in [0.05, 0.1) is 0 Å². The van der Waals surface area contributed by atoms with Crippen molar-refractivity contribution in [1.82, 2.24) is 24.3 Å². The molecule has 0 aliphatic rings. The Morgan fingerprint density at radius 1 is 1.11 bits per heavy atom. The Bertz CT molecular complexity index is 1200. The van der Waals surface area contributed by atoms with Crippen LogP contribution in [0.3, 0.4) is 0 Å². The second-order valence-corrected chi connectivity index (χ2v) is 6.46. The fourth-order valence-corrected chi connectivity index (χ4v) is 3.08. The minimum absolute atomic E-state index is 0.160. The summed E-state index contributed by atoms with van der Waals surface area (Å²) < 4.78 is 3.31. The van der Waals surface area contributed by atoms with Crippen molar-refractivity contribution in [1.29, 1.82) is 0 Å². The molecule has 28 heavy (non-hydrogen) atoms. The predicted octanol–water partition coefficient (Wildman–Crippen LogP) is 3.44. The molecule has 0 radical (unpaired) electrons. The topological polar surface area (TPSA) is 89.7 Å². The van der Waals surface area contributed by atoms with Gasteiger partial charge in [-0.1, -0.05) is 17.7 Å². The van der Waals surface area contributed by atoms with Gasteiger partial charge in [0.25, 0.3) is 5.56 Å². The number of fused-ring (bicyclic) bond motifs is 1. The zero-order valence-electron chi connectivity index (χ0n) is 15.3. The fourth-order valence-electron chi connectivity index (χ4n) is 2.95. The summed E-state index contributed by atoms with van der Waals surface area (Å²) in [5, 5.41) is 7.22. The third kappa shape index (κ3) is 3.18. The number of pyridine rings is 1. The molecule has 1 aromatic carbocycles. The molecule has 0 atom stereocenters. The lowest BCUT2D eigenvalue weighted by molar-refractivity contribution is 0.568. The molecule has 0 spiro atoms. The monoisotopic (exact) mass is 395 g/mol. The summed E-state index contributed by atoms with van der Waals surface area (Å²) in [5.41, 5.74) is 1.12. The van der Waals surface area contributed by atoms with Gasteiger partial charge in [-0.2, -0.15) is 4.98 Å². The number of halogens is 1. The molecule has 0 fully saturated rings. The van der Waals surface area contributed by atoms with E-state index in [1.54, 1.807) is 28.5 Å². The lowest BCUT2D eigenvalue weighted by Gasteiger charge is -2.11. The van der Waals surface area contributed by atoms with Gasteiger partial charge >= 0.3 is 0 Å². The van der Waals surface area contributed by atoms with Gasteiger partial charge in [0.15, 0.2) is 11.5 Å². The first-order valence-electron chi connectivity index (χ1n) is 8.77. The van der Waals surface area contributed by atoms with Crippen molar-refractivity contribution >= 4 is 40.1 Å². The number of nitrogens with one attached hydrogen (secondary N) is 2. The van der Waals surface area contributed by atoms with Crippen LogP contribution >= 0.6 is 11.6 Å². The first kappa shape index (κ1) is 18.0. The van der Waals surface area contributed by atoms with E-state index < -0.39 is 0 Å². The van der Waals surface area contributed by atoms with Crippen LogP contribution in [0.4, 0.5) is 17.5 Å². The summed E-state index contributed by atoms with van der Waals surface area (Å²) in [4.78, 5) is 26.2. The van der Waals surface area contributed by atoms with E-state index in [0.717, 1.165) is 5.69 Å². The second kappa shape index (κ2) is 7.32. The quantitative estimate of drug-likeness (QED) is 0.538. The Hall–Kier alpha value is -3.39. The molecule has 8 nitrogen and oxygen atoms in total. The molecule has 9 heteroatoms. The molecule has 4 rings (SSSR count). The number of hydrogen-bond acceptors (Lipinski definition) is 6. The predicted molar refractivity (Wildman–Crippen MR) is 111 cm³/mol. The summed E-state index contributed by atoms with van der Waals surface area (Å²) in [5.74, 6) is 1.67. The van der Waals surface area contributed by atoms with Gasteiger partial charge in [-0.25, -0.2) is 19.3 Å². The molecule has 0 saturated heterocycles. The molecule has 2 N–H and O–H groups in total. The number of benzene rings is 1. The second-order valence-electron chi connectivity index (χ2n) is 6.03. The smallest absolute Gasteiger partial charge is 0.278 e. The molecule has 4 aromatic rings. The summed E-state index contributed by atoms with van der Waals surface area (Å²) in [6, 6.07) is 12.8. The summed E-state index contributed by atoms with van der Waals surface area (Å²) in [7, 11) is 1.79. The lowest BCUT2D eigenvalue weighted by Crippen LogP contribution is -2.21. The van der Waals surface area contributed by atoms with Crippen LogP contribution in [-0.4, -0.2) is 31.4 Å². The van der Waals surface area contributed by atoms with Crippen molar-refractivity contribution < 1.29 is 0 Å². The molecule has 142 valence electrons. The van der Waals surface area contributed by atoms with E-state index in [-0.39, 0.29) is 5.56 Å². The van der Waals surface area contributed by atoms with Crippen LogP contribution in [0.25, 0.3) is 16.9 Å². The van der Waals surface area contributed by atoms with Crippen LogP contribution in [0.1, 0.15) is 6.92 Å². The average Bonchev–Trinajstić information content (AvgIpc) is 3.01. The standard InChI is InChI=1S/C19H18ClN7O/c1-3-26-18(28)14-11-22-19(23-13-9-7-12(20)8-10-13)25-17(14)27(26)16-6-4-5-15(21-2)24-16/h4-11H,3H2,1-2H3,(H,21,24)(H,22,23,25). The molecule has 3 aromatic heterocycles. The third-order valence-corrected chi connectivity index (χ3v) is 4.53.